The van der Waals surface area contributed by atoms with Crippen LogP contribution in [-0.4, -0.2) is 41.1 Å². The third-order valence-corrected chi connectivity index (χ3v) is 6.67. The minimum absolute atomic E-state index is 0.166. The molecule has 0 spiro atoms. The SMILES string of the molecule is COc1ccc(C)cc1NC(=O)COC(=O)c1ccccc1S(=O)(=O)N(C)c1ccccc1. The summed E-state index contributed by atoms with van der Waals surface area (Å²) in [6, 6.07) is 19.4. The Kier molecular flexibility index (Phi) is 7.34. The van der Waals surface area contributed by atoms with Gasteiger partial charge in [-0.2, -0.15) is 0 Å². The number of carbonyl (C=O) groups is 2. The van der Waals surface area contributed by atoms with E-state index in [4.69, 9.17) is 9.47 Å². The first kappa shape index (κ1) is 23.8. The summed E-state index contributed by atoms with van der Waals surface area (Å²) in [5, 5.41) is 2.63. The number of nitrogens with zero attached hydrogens (tertiary/aromatic N) is 1. The van der Waals surface area contributed by atoms with Crippen molar-refractivity contribution >= 4 is 33.3 Å². The van der Waals surface area contributed by atoms with Crippen LogP contribution in [0, 0.1) is 6.92 Å². The van der Waals surface area contributed by atoms with Gasteiger partial charge in [0.05, 0.1) is 24.0 Å². The Balaban J connectivity index is 1.75. The number of esters is 1. The van der Waals surface area contributed by atoms with Crippen LogP contribution in [0.15, 0.2) is 77.7 Å². The maximum atomic E-state index is 13.2. The Morgan fingerprint density at radius 3 is 2.33 bits per heavy atom. The fraction of sp³-hybridized carbons (Fsp3) is 0.167. The molecule has 3 rings (SSSR count). The summed E-state index contributed by atoms with van der Waals surface area (Å²) >= 11 is 0. The number of carbonyl (C=O) groups excluding carboxylic acids is 2. The highest BCUT2D eigenvalue weighted by Gasteiger charge is 2.27. The molecule has 0 aliphatic heterocycles. The van der Waals surface area contributed by atoms with E-state index in [1.165, 1.54) is 38.4 Å². The minimum Gasteiger partial charge on any atom is -0.495 e. The number of hydrogen-bond donors (Lipinski definition) is 1. The van der Waals surface area contributed by atoms with Gasteiger partial charge in [0, 0.05) is 7.05 Å². The van der Waals surface area contributed by atoms with Gasteiger partial charge in [0.15, 0.2) is 6.61 Å². The van der Waals surface area contributed by atoms with Gasteiger partial charge in [-0.3, -0.25) is 9.10 Å². The van der Waals surface area contributed by atoms with Crippen LogP contribution >= 0.6 is 0 Å². The van der Waals surface area contributed by atoms with E-state index in [0.29, 0.717) is 17.1 Å². The second-order valence-corrected chi connectivity index (χ2v) is 9.07. The van der Waals surface area contributed by atoms with Crippen LogP contribution < -0.4 is 14.4 Å². The molecule has 3 aromatic rings. The molecule has 0 saturated carbocycles. The van der Waals surface area contributed by atoms with Crippen molar-refractivity contribution in [2.75, 3.05) is 30.4 Å². The van der Waals surface area contributed by atoms with Crippen LogP contribution in [-0.2, 0) is 19.6 Å². The van der Waals surface area contributed by atoms with Crippen molar-refractivity contribution in [3.05, 3.63) is 83.9 Å². The summed E-state index contributed by atoms with van der Waals surface area (Å²) in [6.45, 7) is 1.26. The number of para-hydroxylation sites is 1. The smallest absolute Gasteiger partial charge is 0.340 e. The van der Waals surface area contributed by atoms with Gasteiger partial charge in [-0.05, 0) is 48.9 Å². The lowest BCUT2D eigenvalue weighted by Gasteiger charge is -2.20. The van der Waals surface area contributed by atoms with Gasteiger partial charge >= 0.3 is 5.97 Å². The Morgan fingerprint density at radius 2 is 1.64 bits per heavy atom. The van der Waals surface area contributed by atoms with E-state index in [9.17, 15) is 18.0 Å². The van der Waals surface area contributed by atoms with Crippen molar-refractivity contribution in [3.63, 3.8) is 0 Å². The average molecular weight is 469 g/mol. The largest absolute Gasteiger partial charge is 0.495 e. The average Bonchev–Trinajstić information content (AvgIpc) is 2.82. The molecule has 0 atom stereocenters. The zero-order chi connectivity index (χ0) is 24.0. The summed E-state index contributed by atoms with van der Waals surface area (Å²) in [6.07, 6.45) is 0. The van der Waals surface area contributed by atoms with Gasteiger partial charge < -0.3 is 14.8 Å². The van der Waals surface area contributed by atoms with Gasteiger partial charge in [-0.15, -0.1) is 0 Å². The molecule has 0 heterocycles. The van der Waals surface area contributed by atoms with Crippen LogP contribution in [0.1, 0.15) is 15.9 Å². The lowest BCUT2D eigenvalue weighted by molar-refractivity contribution is -0.119. The molecule has 0 aliphatic rings. The Bertz CT molecular complexity index is 1260. The molecule has 9 heteroatoms. The summed E-state index contributed by atoms with van der Waals surface area (Å²) in [5.41, 5.74) is 1.61. The number of nitrogens with one attached hydrogen (secondary N) is 1. The molecular weight excluding hydrogens is 444 g/mol. The Hall–Kier alpha value is -3.85. The molecule has 0 radical (unpaired) electrons. The molecule has 0 aromatic heterocycles. The first-order valence-electron chi connectivity index (χ1n) is 9.98. The van der Waals surface area contributed by atoms with Crippen LogP contribution in [0.5, 0.6) is 5.75 Å². The van der Waals surface area contributed by atoms with Gasteiger partial charge in [0.1, 0.15) is 10.6 Å². The minimum atomic E-state index is -4.05. The van der Waals surface area contributed by atoms with Gasteiger partial charge in [0.25, 0.3) is 15.9 Å². The van der Waals surface area contributed by atoms with Crippen molar-refractivity contribution in [2.24, 2.45) is 0 Å². The number of rotatable bonds is 8. The number of sulfonamides is 1. The van der Waals surface area contributed by atoms with E-state index in [0.717, 1.165) is 9.87 Å². The zero-order valence-electron chi connectivity index (χ0n) is 18.4. The highest BCUT2D eigenvalue weighted by Crippen LogP contribution is 2.26. The first-order valence-corrected chi connectivity index (χ1v) is 11.4. The van der Waals surface area contributed by atoms with E-state index in [-0.39, 0.29) is 10.5 Å². The standard InChI is InChI=1S/C24H24N2O6S/c1-17-13-14-21(31-3)20(15-17)25-23(27)16-32-24(28)19-11-7-8-12-22(19)33(29,30)26(2)18-9-5-4-6-10-18/h4-15H,16H2,1-3H3,(H,25,27). The zero-order valence-corrected chi connectivity index (χ0v) is 19.3. The van der Waals surface area contributed by atoms with E-state index >= 15 is 0 Å². The van der Waals surface area contributed by atoms with E-state index in [2.05, 4.69) is 5.32 Å². The quantitative estimate of drug-likeness (QED) is 0.507. The molecule has 0 bridgehead atoms. The van der Waals surface area contributed by atoms with E-state index in [1.807, 2.05) is 13.0 Å². The first-order chi connectivity index (χ1) is 15.7. The predicted molar refractivity (Wildman–Crippen MR) is 125 cm³/mol. The fourth-order valence-electron chi connectivity index (χ4n) is 3.10. The molecular formula is C24H24N2O6S. The number of methoxy groups -OCH3 is 1. The second kappa shape index (κ2) is 10.2. The van der Waals surface area contributed by atoms with Crippen LogP contribution in [0.2, 0.25) is 0 Å². The van der Waals surface area contributed by atoms with Crippen molar-refractivity contribution in [3.8, 4) is 5.75 Å². The summed E-state index contributed by atoms with van der Waals surface area (Å²) in [7, 11) is -1.18. The number of amides is 1. The second-order valence-electron chi connectivity index (χ2n) is 7.13. The topological polar surface area (TPSA) is 102 Å². The molecule has 3 aromatic carbocycles. The fourth-order valence-corrected chi connectivity index (χ4v) is 4.47. The van der Waals surface area contributed by atoms with Crippen molar-refractivity contribution in [2.45, 2.75) is 11.8 Å². The van der Waals surface area contributed by atoms with Gasteiger partial charge in [-0.25, -0.2) is 13.2 Å². The maximum Gasteiger partial charge on any atom is 0.340 e. The maximum absolute atomic E-state index is 13.2. The number of hydrogen-bond acceptors (Lipinski definition) is 6. The molecule has 172 valence electrons. The van der Waals surface area contributed by atoms with Gasteiger partial charge in [-0.1, -0.05) is 36.4 Å². The number of anilines is 2. The molecule has 33 heavy (non-hydrogen) atoms. The van der Waals surface area contributed by atoms with Crippen molar-refractivity contribution in [1.82, 2.24) is 0 Å². The molecule has 1 N–H and O–H groups in total. The molecule has 0 saturated heterocycles. The number of ether oxygens (including phenoxy) is 2. The predicted octanol–water partition coefficient (Wildman–Crippen LogP) is 3.62. The van der Waals surface area contributed by atoms with Crippen LogP contribution in [0.3, 0.4) is 0 Å². The lowest BCUT2D eigenvalue weighted by Crippen LogP contribution is -2.29. The highest BCUT2D eigenvalue weighted by molar-refractivity contribution is 7.92. The Morgan fingerprint density at radius 1 is 0.970 bits per heavy atom. The molecule has 8 nitrogen and oxygen atoms in total. The molecule has 0 aliphatic carbocycles. The van der Waals surface area contributed by atoms with E-state index in [1.54, 1.807) is 42.5 Å². The monoisotopic (exact) mass is 468 g/mol. The third kappa shape index (κ3) is 5.50. The van der Waals surface area contributed by atoms with Crippen molar-refractivity contribution in [1.29, 1.82) is 0 Å². The number of benzene rings is 3. The van der Waals surface area contributed by atoms with Crippen LogP contribution in [0.25, 0.3) is 0 Å². The summed E-state index contributed by atoms with van der Waals surface area (Å²) in [5.74, 6) is -1.06. The van der Waals surface area contributed by atoms with Crippen molar-refractivity contribution < 1.29 is 27.5 Å². The highest BCUT2D eigenvalue weighted by atomic mass is 32.2. The lowest BCUT2D eigenvalue weighted by atomic mass is 10.2. The van der Waals surface area contributed by atoms with Crippen LogP contribution in [0.4, 0.5) is 11.4 Å². The summed E-state index contributed by atoms with van der Waals surface area (Å²) < 4.78 is 37.7. The Labute approximate surface area is 192 Å². The molecule has 0 unspecified atom stereocenters. The third-order valence-electron chi connectivity index (χ3n) is 4.83. The summed E-state index contributed by atoms with van der Waals surface area (Å²) in [4.78, 5) is 24.8. The van der Waals surface area contributed by atoms with E-state index < -0.39 is 28.5 Å². The number of aryl methyl sites for hydroxylation is 1. The molecule has 1 amide bonds. The van der Waals surface area contributed by atoms with Gasteiger partial charge in [0.2, 0.25) is 0 Å². The molecule has 0 fully saturated rings. The normalized spacial score (nSPS) is 10.9.